The molecule has 3 N–H and O–H groups in total. The second kappa shape index (κ2) is 9.48. The summed E-state index contributed by atoms with van der Waals surface area (Å²) in [6, 6.07) is 5.12. The number of nitrogens with one attached hydrogen (secondary N) is 1. The van der Waals surface area contributed by atoms with Crippen molar-refractivity contribution in [2.24, 2.45) is 11.7 Å². The van der Waals surface area contributed by atoms with Crippen molar-refractivity contribution in [1.29, 1.82) is 0 Å². The number of nitrogens with two attached hydrogens (primary N) is 1. The lowest BCUT2D eigenvalue weighted by Gasteiger charge is -2.19. The molecule has 7 nitrogen and oxygen atoms in total. The lowest BCUT2D eigenvalue weighted by Crippen LogP contribution is -2.41. The molecule has 0 radical (unpaired) electrons. The van der Waals surface area contributed by atoms with Crippen LogP contribution in [-0.2, 0) is 20.0 Å². The van der Waals surface area contributed by atoms with E-state index in [2.05, 4.69) is 4.72 Å². The minimum Gasteiger partial charge on any atom is -0.329 e. The van der Waals surface area contributed by atoms with Gasteiger partial charge >= 0.3 is 0 Å². The Balaban J connectivity index is 0.00000338. The second-order valence-electron chi connectivity index (χ2n) is 6.77. The summed E-state index contributed by atoms with van der Waals surface area (Å²) < 4.78 is 54.4. The Morgan fingerprint density at radius 2 is 1.69 bits per heavy atom. The zero-order valence-corrected chi connectivity index (χ0v) is 17.5. The lowest BCUT2D eigenvalue weighted by molar-refractivity contribution is 0.465. The summed E-state index contributed by atoms with van der Waals surface area (Å²) in [4.78, 5) is -0.0552. The Kier molecular flexibility index (Phi) is 8.50. The number of halogens is 1. The Morgan fingerprint density at radius 1 is 1.12 bits per heavy atom. The molecule has 1 heterocycles. The van der Waals surface area contributed by atoms with Gasteiger partial charge in [0.1, 0.15) is 0 Å². The predicted octanol–water partition coefficient (Wildman–Crippen LogP) is 1.54. The molecule has 1 aliphatic heterocycles. The average Bonchev–Trinajstić information content (AvgIpc) is 3.09. The first-order valence-corrected chi connectivity index (χ1v) is 11.4. The van der Waals surface area contributed by atoms with Crippen LogP contribution in [0, 0.1) is 5.92 Å². The van der Waals surface area contributed by atoms with Crippen molar-refractivity contribution >= 4 is 32.5 Å². The van der Waals surface area contributed by atoms with Gasteiger partial charge in [-0.25, -0.2) is 21.6 Å². The van der Waals surface area contributed by atoms with Crippen molar-refractivity contribution < 1.29 is 16.8 Å². The van der Waals surface area contributed by atoms with E-state index in [1.54, 1.807) is 0 Å². The fraction of sp³-hybridized carbons (Fsp3) is 0.625. The highest BCUT2D eigenvalue weighted by Gasteiger charge is 2.28. The van der Waals surface area contributed by atoms with Gasteiger partial charge in [-0.2, -0.15) is 4.31 Å². The number of rotatable bonds is 8. The second-order valence-corrected chi connectivity index (χ2v) is 10.4. The fourth-order valence-corrected chi connectivity index (χ4v) is 5.87. The van der Waals surface area contributed by atoms with Gasteiger partial charge in [0.25, 0.3) is 0 Å². The Hall–Kier alpha value is -0.710. The van der Waals surface area contributed by atoms with Gasteiger partial charge in [0.05, 0.1) is 9.79 Å². The molecule has 0 aromatic heterocycles. The van der Waals surface area contributed by atoms with E-state index >= 15 is 0 Å². The Labute approximate surface area is 162 Å². The molecule has 1 unspecified atom stereocenters. The molecule has 0 aliphatic carbocycles. The van der Waals surface area contributed by atoms with Crippen molar-refractivity contribution in [3.63, 3.8) is 0 Å². The van der Waals surface area contributed by atoms with Crippen molar-refractivity contribution in [2.75, 3.05) is 19.6 Å². The van der Waals surface area contributed by atoms with Gasteiger partial charge in [-0.1, -0.05) is 19.9 Å². The molecule has 1 aliphatic rings. The van der Waals surface area contributed by atoms with E-state index in [9.17, 15) is 16.8 Å². The predicted molar refractivity (Wildman–Crippen MR) is 104 cm³/mol. The SMILES string of the molecule is CC(C)CC(CN)NS(=O)(=O)c1cccc(S(=O)(=O)N2CCCC2)c1.Cl. The van der Waals surface area contributed by atoms with Gasteiger partial charge in [0, 0.05) is 25.7 Å². The molecule has 150 valence electrons. The van der Waals surface area contributed by atoms with Gasteiger partial charge < -0.3 is 5.73 Å². The van der Waals surface area contributed by atoms with E-state index in [0.717, 1.165) is 12.8 Å². The van der Waals surface area contributed by atoms with Crippen LogP contribution in [0.4, 0.5) is 0 Å². The molecule has 1 fully saturated rings. The molecule has 0 saturated carbocycles. The van der Waals surface area contributed by atoms with Gasteiger partial charge in [-0.15, -0.1) is 12.4 Å². The third kappa shape index (κ3) is 5.64. The van der Waals surface area contributed by atoms with Gasteiger partial charge in [-0.3, -0.25) is 0 Å². The summed E-state index contributed by atoms with van der Waals surface area (Å²) in [5.41, 5.74) is 5.66. The minimum atomic E-state index is -3.84. The molecular formula is C16H28ClN3O4S2. The maximum Gasteiger partial charge on any atom is 0.243 e. The van der Waals surface area contributed by atoms with Crippen LogP contribution >= 0.6 is 12.4 Å². The highest BCUT2D eigenvalue weighted by molar-refractivity contribution is 7.90. The van der Waals surface area contributed by atoms with Crippen LogP contribution in [0.2, 0.25) is 0 Å². The fourth-order valence-electron chi connectivity index (χ4n) is 2.93. The van der Waals surface area contributed by atoms with Gasteiger partial charge in [0.2, 0.25) is 20.0 Å². The first kappa shape index (κ1) is 23.3. The smallest absolute Gasteiger partial charge is 0.243 e. The summed E-state index contributed by atoms with van der Waals surface area (Å²) in [5.74, 6) is 0.290. The summed E-state index contributed by atoms with van der Waals surface area (Å²) >= 11 is 0. The monoisotopic (exact) mass is 425 g/mol. The van der Waals surface area contributed by atoms with E-state index in [4.69, 9.17) is 5.73 Å². The molecule has 1 aromatic rings. The van der Waals surface area contributed by atoms with E-state index in [1.165, 1.54) is 28.6 Å². The summed E-state index contributed by atoms with van der Waals surface area (Å²) in [6.07, 6.45) is 2.26. The molecule has 1 saturated heterocycles. The zero-order chi connectivity index (χ0) is 18.7. The van der Waals surface area contributed by atoms with Crippen molar-refractivity contribution in [2.45, 2.75) is 48.9 Å². The Bertz CT molecular complexity index is 791. The van der Waals surface area contributed by atoms with Crippen molar-refractivity contribution in [1.82, 2.24) is 9.03 Å². The first-order valence-electron chi connectivity index (χ1n) is 8.49. The summed E-state index contributed by atoms with van der Waals surface area (Å²) in [5, 5.41) is 0. The van der Waals surface area contributed by atoms with E-state index in [1.807, 2.05) is 13.8 Å². The minimum absolute atomic E-state index is 0. The van der Waals surface area contributed by atoms with Crippen LogP contribution in [0.3, 0.4) is 0 Å². The molecule has 1 atom stereocenters. The molecule has 0 spiro atoms. The number of nitrogens with zero attached hydrogens (tertiary/aromatic N) is 1. The van der Waals surface area contributed by atoms with Crippen LogP contribution in [0.1, 0.15) is 33.1 Å². The Morgan fingerprint density at radius 3 is 2.23 bits per heavy atom. The first-order chi connectivity index (χ1) is 11.7. The maximum absolute atomic E-state index is 12.6. The molecule has 0 bridgehead atoms. The normalized spacial score (nSPS) is 17.2. The number of hydrogen-bond donors (Lipinski definition) is 2. The highest BCUT2D eigenvalue weighted by Crippen LogP contribution is 2.23. The van der Waals surface area contributed by atoms with Crippen LogP contribution in [0.25, 0.3) is 0 Å². The molecule has 26 heavy (non-hydrogen) atoms. The van der Waals surface area contributed by atoms with Crippen molar-refractivity contribution in [3.05, 3.63) is 24.3 Å². The largest absolute Gasteiger partial charge is 0.329 e. The zero-order valence-electron chi connectivity index (χ0n) is 15.1. The summed E-state index contributed by atoms with van der Waals surface area (Å²) in [6.45, 7) is 5.10. The standard InChI is InChI=1S/C16H27N3O4S2.ClH/c1-13(2)10-14(12-17)18-24(20,21)15-6-5-7-16(11-15)25(22,23)19-8-3-4-9-19;/h5-7,11,13-14,18H,3-4,8-10,12,17H2,1-2H3;1H. The highest BCUT2D eigenvalue weighted by atomic mass is 35.5. The van der Waals surface area contributed by atoms with E-state index < -0.39 is 20.0 Å². The van der Waals surface area contributed by atoms with Crippen LogP contribution in [0.5, 0.6) is 0 Å². The average molecular weight is 426 g/mol. The van der Waals surface area contributed by atoms with E-state index in [0.29, 0.717) is 19.5 Å². The third-order valence-electron chi connectivity index (χ3n) is 4.18. The van der Waals surface area contributed by atoms with Crippen LogP contribution < -0.4 is 10.5 Å². The van der Waals surface area contributed by atoms with Crippen LogP contribution in [0.15, 0.2) is 34.1 Å². The molecule has 0 amide bonds. The number of hydrogen-bond acceptors (Lipinski definition) is 5. The molecular weight excluding hydrogens is 398 g/mol. The van der Waals surface area contributed by atoms with Gasteiger partial charge in [0.15, 0.2) is 0 Å². The number of benzene rings is 1. The molecule has 1 aromatic carbocycles. The number of sulfonamides is 2. The summed E-state index contributed by atoms with van der Waals surface area (Å²) in [7, 11) is -7.49. The van der Waals surface area contributed by atoms with Gasteiger partial charge in [-0.05, 0) is 43.4 Å². The quantitative estimate of drug-likeness (QED) is 0.656. The molecule has 2 rings (SSSR count). The third-order valence-corrected chi connectivity index (χ3v) is 7.59. The lowest BCUT2D eigenvalue weighted by atomic mass is 10.1. The molecule has 10 heteroatoms. The van der Waals surface area contributed by atoms with Crippen LogP contribution in [-0.4, -0.2) is 46.8 Å². The van der Waals surface area contributed by atoms with E-state index in [-0.39, 0.29) is 40.7 Å². The van der Waals surface area contributed by atoms with Crippen molar-refractivity contribution in [3.8, 4) is 0 Å². The maximum atomic E-state index is 12.6. The topological polar surface area (TPSA) is 110 Å².